The van der Waals surface area contributed by atoms with Gasteiger partial charge in [0.2, 0.25) is 0 Å². The Morgan fingerprint density at radius 3 is 3.05 bits per heavy atom. The van der Waals surface area contributed by atoms with Crippen LogP contribution in [0.5, 0.6) is 5.75 Å². The van der Waals surface area contributed by atoms with Gasteiger partial charge in [0, 0.05) is 6.04 Å². The number of carbonyl (C=O) groups is 1. The Morgan fingerprint density at radius 2 is 2.30 bits per heavy atom. The van der Waals surface area contributed by atoms with Crippen LogP contribution in [0.1, 0.15) is 43.4 Å². The molecule has 0 saturated heterocycles. The molecule has 1 aromatic carbocycles. The first-order chi connectivity index (χ1) is 9.76. The van der Waals surface area contributed by atoms with Crippen LogP contribution in [0.3, 0.4) is 0 Å². The van der Waals surface area contributed by atoms with E-state index < -0.39 is 0 Å². The summed E-state index contributed by atoms with van der Waals surface area (Å²) in [6.07, 6.45) is 4.45. The molecule has 2 rings (SSSR count). The maximum absolute atomic E-state index is 11.2. The topological polar surface area (TPSA) is 47.6 Å². The number of benzene rings is 1. The highest BCUT2D eigenvalue weighted by atomic mass is 16.6. The van der Waals surface area contributed by atoms with E-state index in [2.05, 4.69) is 23.0 Å². The molecule has 4 nitrogen and oxygen atoms in total. The van der Waals surface area contributed by atoms with Crippen LogP contribution in [0.15, 0.2) is 18.2 Å². The van der Waals surface area contributed by atoms with Crippen molar-refractivity contribution < 1.29 is 14.3 Å². The lowest BCUT2D eigenvalue weighted by Crippen LogP contribution is -2.26. The predicted molar refractivity (Wildman–Crippen MR) is 77.9 cm³/mol. The van der Waals surface area contributed by atoms with Crippen molar-refractivity contribution in [1.82, 2.24) is 5.32 Å². The van der Waals surface area contributed by atoms with Gasteiger partial charge in [-0.1, -0.05) is 19.1 Å². The fraction of sp³-hybridized carbons (Fsp3) is 0.562. The predicted octanol–water partition coefficient (Wildman–Crippen LogP) is 2.62. The molecule has 0 amide bonds. The summed E-state index contributed by atoms with van der Waals surface area (Å²) in [6.45, 7) is 3.17. The Labute approximate surface area is 120 Å². The summed E-state index contributed by atoms with van der Waals surface area (Å²) in [6, 6.07) is 6.49. The summed E-state index contributed by atoms with van der Waals surface area (Å²) < 4.78 is 10.2. The molecule has 0 spiro atoms. The molecular formula is C16H23NO3. The van der Waals surface area contributed by atoms with Gasteiger partial charge in [0.25, 0.3) is 0 Å². The largest absolute Gasteiger partial charge is 0.482 e. The van der Waals surface area contributed by atoms with Gasteiger partial charge in [0.15, 0.2) is 6.61 Å². The van der Waals surface area contributed by atoms with E-state index in [0.29, 0.717) is 6.04 Å². The Hall–Kier alpha value is -1.55. The number of methoxy groups -OCH3 is 1. The molecule has 0 aromatic heterocycles. The van der Waals surface area contributed by atoms with Crippen LogP contribution >= 0.6 is 0 Å². The lowest BCUT2D eigenvalue weighted by molar-refractivity contribution is -0.142. The van der Waals surface area contributed by atoms with E-state index in [1.165, 1.54) is 18.2 Å². The quantitative estimate of drug-likeness (QED) is 0.812. The van der Waals surface area contributed by atoms with Gasteiger partial charge in [-0.2, -0.15) is 0 Å². The first-order valence-electron chi connectivity index (χ1n) is 7.31. The van der Waals surface area contributed by atoms with Gasteiger partial charge < -0.3 is 14.8 Å². The molecule has 1 unspecified atom stereocenters. The van der Waals surface area contributed by atoms with E-state index >= 15 is 0 Å². The molecule has 110 valence electrons. The maximum atomic E-state index is 11.2. The van der Waals surface area contributed by atoms with Crippen molar-refractivity contribution in [2.75, 3.05) is 20.3 Å². The molecular weight excluding hydrogens is 254 g/mol. The zero-order valence-corrected chi connectivity index (χ0v) is 12.3. The molecule has 0 saturated carbocycles. The lowest BCUT2D eigenvalue weighted by atomic mass is 9.87. The zero-order valence-electron chi connectivity index (χ0n) is 12.3. The minimum absolute atomic E-state index is 0.0278. The SMILES string of the molecule is CCCNC1CCCc2c(OCC(=O)OC)cccc21. The Balaban J connectivity index is 2.13. The zero-order chi connectivity index (χ0) is 14.4. The van der Waals surface area contributed by atoms with Gasteiger partial charge in [-0.3, -0.25) is 0 Å². The van der Waals surface area contributed by atoms with Crippen molar-refractivity contribution in [2.45, 2.75) is 38.6 Å². The van der Waals surface area contributed by atoms with Crippen molar-refractivity contribution in [3.05, 3.63) is 29.3 Å². The summed E-state index contributed by atoms with van der Waals surface area (Å²) in [5.41, 5.74) is 2.54. The van der Waals surface area contributed by atoms with Crippen LogP contribution in [-0.2, 0) is 16.0 Å². The molecule has 4 heteroatoms. The second-order valence-electron chi connectivity index (χ2n) is 5.09. The number of hydrogen-bond acceptors (Lipinski definition) is 4. The van der Waals surface area contributed by atoms with E-state index in [0.717, 1.165) is 38.0 Å². The van der Waals surface area contributed by atoms with E-state index in [4.69, 9.17) is 4.74 Å². The lowest BCUT2D eigenvalue weighted by Gasteiger charge is -2.28. The van der Waals surface area contributed by atoms with Crippen LogP contribution in [0, 0.1) is 0 Å². The standard InChI is InChI=1S/C16H23NO3/c1-3-10-17-14-8-4-7-13-12(14)6-5-9-15(13)20-11-16(18)19-2/h5-6,9,14,17H,3-4,7-8,10-11H2,1-2H3. The summed E-state index contributed by atoms with van der Waals surface area (Å²) in [5.74, 6) is 0.468. The molecule has 1 N–H and O–H groups in total. The second kappa shape index (κ2) is 7.29. The normalized spacial score (nSPS) is 17.4. The van der Waals surface area contributed by atoms with Crippen molar-refractivity contribution in [3.8, 4) is 5.75 Å². The first kappa shape index (κ1) is 14.9. The Bertz CT molecular complexity index is 459. The number of ether oxygens (including phenoxy) is 2. The number of rotatable bonds is 6. The smallest absolute Gasteiger partial charge is 0.343 e. The van der Waals surface area contributed by atoms with Crippen LogP contribution < -0.4 is 10.1 Å². The molecule has 0 radical (unpaired) electrons. The molecule has 0 fully saturated rings. The minimum Gasteiger partial charge on any atom is -0.482 e. The minimum atomic E-state index is -0.348. The number of hydrogen-bond donors (Lipinski definition) is 1. The summed E-state index contributed by atoms with van der Waals surface area (Å²) in [7, 11) is 1.37. The molecule has 1 aliphatic rings. The number of esters is 1. The van der Waals surface area contributed by atoms with Gasteiger partial charge in [-0.15, -0.1) is 0 Å². The first-order valence-corrected chi connectivity index (χ1v) is 7.31. The molecule has 0 aliphatic heterocycles. The van der Waals surface area contributed by atoms with Gasteiger partial charge in [0.05, 0.1) is 7.11 Å². The van der Waals surface area contributed by atoms with Crippen molar-refractivity contribution in [3.63, 3.8) is 0 Å². The Morgan fingerprint density at radius 1 is 1.45 bits per heavy atom. The molecule has 1 atom stereocenters. The van der Waals surface area contributed by atoms with Gasteiger partial charge in [-0.25, -0.2) is 4.79 Å². The van der Waals surface area contributed by atoms with Crippen LogP contribution in [0.25, 0.3) is 0 Å². The van der Waals surface area contributed by atoms with Crippen molar-refractivity contribution in [2.24, 2.45) is 0 Å². The number of carbonyl (C=O) groups excluding carboxylic acids is 1. The average molecular weight is 277 g/mol. The van der Waals surface area contributed by atoms with Gasteiger partial charge >= 0.3 is 5.97 Å². The van der Waals surface area contributed by atoms with Crippen molar-refractivity contribution >= 4 is 5.97 Å². The molecule has 1 aromatic rings. The van der Waals surface area contributed by atoms with Crippen molar-refractivity contribution in [1.29, 1.82) is 0 Å². The highest BCUT2D eigenvalue weighted by molar-refractivity contribution is 5.71. The third-order valence-corrected chi connectivity index (χ3v) is 3.68. The van der Waals surface area contributed by atoms with Gasteiger partial charge in [0.1, 0.15) is 5.75 Å². The third kappa shape index (κ3) is 3.51. The van der Waals surface area contributed by atoms with E-state index in [-0.39, 0.29) is 12.6 Å². The maximum Gasteiger partial charge on any atom is 0.343 e. The summed E-state index contributed by atoms with van der Waals surface area (Å²) >= 11 is 0. The average Bonchev–Trinajstić information content (AvgIpc) is 2.50. The molecule has 1 aliphatic carbocycles. The molecule has 0 bridgehead atoms. The van der Waals surface area contributed by atoms with Gasteiger partial charge in [-0.05, 0) is 49.4 Å². The fourth-order valence-corrected chi connectivity index (χ4v) is 2.68. The second-order valence-corrected chi connectivity index (χ2v) is 5.09. The monoisotopic (exact) mass is 277 g/mol. The van der Waals surface area contributed by atoms with E-state index in [9.17, 15) is 4.79 Å². The fourth-order valence-electron chi connectivity index (χ4n) is 2.68. The summed E-state index contributed by atoms with van der Waals surface area (Å²) in [5, 5.41) is 3.58. The highest BCUT2D eigenvalue weighted by Gasteiger charge is 2.22. The van der Waals surface area contributed by atoms with E-state index in [1.54, 1.807) is 0 Å². The van der Waals surface area contributed by atoms with Crippen LogP contribution in [-0.4, -0.2) is 26.2 Å². The highest BCUT2D eigenvalue weighted by Crippen LogP contribution is 2.35. The van der Waals surface area contributed by atoms with Crippen LogP contribution in [0.2, 0.25) is 0 Å². The van der Waals surface area contributed by atoms with E-state index in [1.807, 2.05) is 12.1 Å². The number of fused-ring (bicyclic) bond motifs is 1. The molecule has 0 heterocycles. The Kier molecular flexibility index (Phi) is 5.41. The number of nitrogens with one attached hydrogen (secondary N) is 1. The van der Waals surface area contributed by atoms with Crippen LogP contribution in [0.4, 0.5) is 0 Å². The third-order valence-electron chi connectivity index (χ3n) is 3.68. The summed E-state index contributed by atoms with van der Waals surface area (Å²) in [4.78, 5) is 11.2. The molecule has 20 heavy (non-hydrogen) atoms.